The number of carbonyl (C=O) groups excluding carboxylic acids is 2. The number of nitrogens with zero attached hydrogens (tertiary/aromatic N) is 3. The number of hydrogen-bond donors (Lipinski definition) is 0. The molecule has 7 heteroatoms. The molecule has 0 aliphatic carbocycles. The number of likely N-dealkylation sites (tertiary alicyclic amines) is 2. The van der Waals surface area contributed by atoms with Crippen molar-refractivity contribution < 1.29 is 18.4 Å². The van der Waals surface area contributed by atoms with Crippen molar-refractivity contribution in [2.75, 3.05) is 40.3 Å². The Balaban J connectivity index is 1.60. The average molecular weight is 365 g/mol. The highest BCUT2D eigenvalue weighted by Gasteiger charge is 2.45. The van der Waals surface area contributed by atoms with E-state index in [0.29, 0.717) is 38.2 Å². The summed E-state index contributed by atoms with van der Waals surface area (Å²) in [5, 5.41) is 0. The molecule has 1 aromatic carbocycles. The van der Waals surface area contributed by atoms with E-state index in [-0.39, 0.29) is 23.8 Å². The van der Waals surface area contributed by atoms with Crippen LogP contribution >= 0.6 is 0 Å². The topological polar surface area (TPSA) is 43.9 Å². The van der Waals surface area contributed by atoms with Crippen LogP contribution in [0.5, 0.6) is 0 Å². The van der Waals surface area contributed by atoms with Crippen molar-refractivity contribution >= 4 is 11.8 Å². The van der Waals surface area contributed by atoms with Crippen LogP contribution in [-0.2, 0) is 16.1 Å². The van der Waals surface area contributed by atoms with Crippen LogP contribution in [0.3, 0.4) is 0 Å². The molecule has 5 nitrogen and oxygen atoms in total. The third-order valence-electron chi connectivity index (χ3n) is 5.33. The second kappa shape index (κ2) is 7.31. The molecule has 0 unspecified atom stereocenters. The minimum atomic E-state index is -0.630. The largest absolute Gasteiger partial charge is 0.342 e. The molecule has 0 atom stereocenters. The van der Waals surface area contributed by atoms with E-state index in [1.807, 2.05) is 23.9 Å². The fraction of sp³-hybridized carbons (Fsp3) is 0.579. The molecule has 0 radical (unpaired) electrons. The predicted molar refractivity (Wildman–Crippen MR) is 93.2 cm³/mol. The first-order chi connectivity index (χ1) is 12.3. The first-order valence-electron chi connectivity index (χ1n) is 8.92. The van der Waals surface area contributed by atoms with Crippen molar-refractivity contribution in [3.8, 4) is 0 Å². The molecule has 2 saturated heterocycles. The number of hydrogen-bond acceptors (Lipinski definition) is 3. The first kappa shape index (κ1) is 18.8. The molecular formula is C19H25F2N3O2. The van der Waals surface area contributed by atoms with Gasteiger partial charge in [-0.1, -0.05) is 0 Å². The third-order valence-corrected chi connectivity index (χ3v) is 5.33. The van der Waals surface area contributed by atoms with Gasteiger partial charge in [0.05, 0.1) is 6.54 Å². The summed E-state index contributed by atoms with van der Waals surface area (Å²) < 4.78 is 26.7. The highest BCUT2D eigenvalue weighted by atomic mass is 19.1. The van der Waals surface area contributed by atoms with E-state index < -0.39 is 11.6 Å². The molecule has 1 spiro atoms. The van der Waals surface area contributed by atoms with Gasteiger partial charge in [-0.15, -0.1) is 0 Å². The molecule has 1 aromatic rings. The van der Waals surface area contributed by atoms with Crippen LogP contribution in [0, 0.1) is 17.0 Å². The Kier molecular flexibility index (Phi) is 5.27. The lowest BCUT2D eigenvalue weighted by Gasteiger charge is -2.39. The summed E-state index contributed by atoms with van der Waals surface area (Å²) in [7, 11) is 3.73. The molecule has 2 aliphatic rings. The summed E-state index contributed by atoms with van der Waals surface area (Å²) in [4.78, 5) is 30.0. The lowest BCUT2D eigenvalue weighted by Crippen LogP contribution is -2.46. The highest BCUT2D eigenvalue weighted by Crippen LogP contribution is 2.41. The van der Waals surface area contributed by atoms with Crippen molar-refractivity contribution in [1.29, 1.82) is 0 Å². The highest BCUT2D eigenvalue weighted by molar-refractivity contribution is 5.80. The molecule has 2 fully saturated rings. The number of benzene rings is 1. The van der Waals surface area contributed by atoms with Gasteiger partial charge in [0.15, 0.2) is 0 Å². The second-order valence-electron chi connectivity index (χ2n) is 7.82. The Morgan fingerprint density at radius 2 is 1.77 bits per heavy atom. The zero-order valence-electron chi connectivity index (χ0n) is 15.3. The first-order valence-corrected chi connectivity index (χ1v) is 8.92. The number of carbonyl (C=O) groups is 2. The monoisotopic (exact) mass is 365 g/mol. The lowest BCUT2D eigenvalue weighted by molar-refractivity contribution is -0.134. The zero-order chi connectivity index (χ0) is 18.9. The maximum absolute atomic E-state index is 13.4. The molecule has 0 saturated carbocycles. The van der Waals surface area contributed by atoms with Gasteiger partial charge >= 0.3 is 0 Å². The minimum Gasteiger partial charge on any atom is -0.342 e. The number of halogens is 2. The van der Waals surface area contributed by atoms with Crippen LogP contribution in [0.25, 0.3) is 0 Å². The summed E-state index contributed by atoms with van der Waals surface area (Å²) in [5.74, 6) is -1.13. The zero-order valence-corrected chi connectivity index (χ0v) is 15.3. The Morgan fingerprint density at radius 3 is 2.35 bits per heavy atom. The Bertz CT molecular complexity index is 680. The molecule has 0 aromatic heterocycles. The predicted octanol–water partition coefficient (Wildman–Crippen LogP) is 1.87. The van der Waals surface area contributed by atoms with Crippen LogP contribution in [0.4, 0.5) is 8.78 Å². The molecule has 0 N–H and O–H groups in total. The van der Waals surface area contributed by atoms with E-state index >= 15 is 0 Å². The Hall–Kier alpha value is -2.02. The minimum absolute atomic E-state index is 0.0164. The standard InChI is InChI=1S/C19H25F2N3O2/c1-22(2)12-18(26)23-5-3-19(4-6-23)10-17(25)24(13-19)11-14-7-15(20)9-16(21)8-14/h7-9H,3-6,10-13H2,1-2H3. The normalized spacial score (nSPS) is 19.7. The van der Waals surface area contributed by atoms with E-state index in [9.17, 15) is 18.4 Å². The van der Waals surface area contributed by atoms with E-state index in [4.69, 9.17) is 0 Å². The number of amides is 2. The SMILES string of the molecule is CN(C)CC(=O)N1CCC2(CC1)CC(=O)N(Cc1cc(F)cc(F)c1)C2. The number of rotatable bonds is 4. The number of piperidine rings is 1. The molecule has 2 heterocycles. The Morgan fingerprint density at radius 1 is 1.15 bits per heavy atom. The van der Waals surface area contributed by atoms with Gasteiger partial charge in [-0.25, -0.2) is 8.78 Å². The quantitative estimate of drug-likeness (QED) is 0.818. The van der Waals surface area contributed by atoms with E-state index in [1.165, 1.54) is 12.1 Å². The van der Waals surface area contributed by atoms with Gasteiger partial charge in [0.1, 0.15) is 11.6 Å². The smallest absolute Gasteiger partial charge is 0.236 e. The summed E-state index contributed by atoms with van der Waals surface area (Å²) >= 11 is 0. The van der Waals surface area contributed by atoms with Gasteiger partial charge in [-0.2, -0.15) is 0 Å². The summed E-state index contributed by atoms with van der Waals surface area (Å²) in [6.45, 7) is 2.51. The molecule has 26 heavy (non-hydrogen) atoms. The fourth-order valence-electron chi connectivity index (χ4n) is 3.98. The van der Waals surface area contributed by atoms with Crippen molar-refractivity contribution in [1.82, 2.24) is 14.7 Å². The van der Waals surface area contributed by atoms with Gasteiger partial charge < -0.3 is 14.7 Å². The van der Waals surface area contributed by atoms with Crippen molar-refractivity contribution in [3.63, 3.8) is 0 Å². The Labute approximate surface area is 152 Å². The van der Waals surface area contributed by atoms with E-state index in [0.717, 1.165) is 18.9 Å². The van der Waals surface area contributed by atoms with Gasteiger partial charge in [-0.05, 0) is 44.6 Å². The van der Waals surface area contributed by atoms with Crippen LogP contribution < -0.4 is 0 Å². The average Bonchev–Trinajstić information content (AvgIpc) is 2.81. The summed E-state index contributed by atoms with van der Waals surface area (Å²) in [6.07, 6.45) is 2.01. The molecule has 142 valence electrons. The van der Waals surface area contributed by atoms with Crippen LogP contribution in [0.1, 0.15) is 24.8 Å². The van der Waals surface area contributed by atoms with Gasteiger partial charge in [0.2, 0.25) is 11.8 Å². The number of likely N-dealkylation sites (N-methyl/N-ethyl adjacent to an activating group) is 1. The van der Waals surface area contributed by atoms with E-state index in [1.54, 1.807) is 4.90 Å². The van der Waals surface area contributed by atoms with Gasteiger partial charge in [0, 0.05) is 44.1 Å². The third kappa shape index (κ3) is 4.20. The van der Waals surface area contributed by atoms with Crippen LogP contribution in [0.2, 0.25) is 0 Å². The molecular weight excluding hydrogens is 340 g/mol. The van der Waals surface area contributed by atoms with Crippen LogP contribution in [-0.4, -0.2) is 66.8 Å². The summed E-state index contributed by atoms with van der Waals surface area (Å²) in [6, 6.07) is 3.37. The van der Waals surface area contributed by atoms with Crippen molar-refractivity contribution in [2.24, 2.45) is 5.41 Å². The van der Waals surface area contributed by atoms with Crippen molar-refractivity contribution in [3.05, 3.63) is 35.4 Å². The van der Waals surface area contributed by atoms with Crippen molar-refractivity contribution in [2.45, 2.75) is 25.8 Å². The summed E-state index contributed by atoms with van der Waals surface area (Å²) in [5.41, 5.74) is 0.337. The maximum atomic E-state index is 13.4. The maximum Gasteiger partial charge on any atom is 0.236 e. The lowest BCUT2D eigenvalue weighted by atomic mass is 9.77. The molecule has 2 amide bonds. The van der Waals surface area contributed by atoms with Gasteiger partial charge in [-0.3, -0.25) is 9.59 Å². The molecule has 0 bridgehead atoms. The fourth-order valence-corrected chi connectivity index (χ4v) is 3.98. The van der Waals surface area contributed by atoms with Crippen LogP contribution in [0.15, 0.2) is 18.2 Å². The molecule has 3 rings (SSSR count). The van der Waals surface area contributed by atoms with E-state index in [2.05, 4.69) is 0 Å². The van der Waals surface area contributed by atoms with Gasteiger partial charge in [0.25, 0.3) is 0 Å². The molecule has 2 aliphatic heterocycles. The second-order valence-corrected chi connectivity index (χ2v) is 7.82.